The van der Waals surface area contributed by atoms with E-state index in [-0.39, 0.29) is 4.90 Å². The summed E-state index contributed by atoms with van der Waals surface area (Å²) >= 11 is 9.06. The zero-order chi connectivity index (χ0) is 14.6. The Balaban J connectivity index is 1.98. The first-order valence-corrected chi connectivity index (χ1v) is 8.62. The fourth-order valence-corrected chi connectivity index (χ4v) is 3.45. The largest absolute Gasteiger partial charge is 0.240 e. The highest BCUT2D eigenvalue weighted by molar-refractivity contribution is 9.10. The van der Waals surface area contributed by atoms with Gasteiger partial charge in [0.1, 0.15) is 0 Å². The Morgan fingerprint density at radius 2 is 1.80 bits per heavy atom. The van der Waals surface area contributed by atoms with Crippen LogP contribution in [0.2, 0.25) is 5.02 Å². The van der Waals surface area contributed by atoms with Crippen molar-refractivity contribution in [2.45, 2.75) is 11.3 Å². The highest BCUT2D eigenvalue weighted by Gasteiger charge is 2.13. The lowest BCUT2D eigenvalue weighted by Crippen LogP contribution is -2.25. The molecule has 0 aliphatic carbocycles. The predicted molar refractivity (Wildman–Crippen MR) is 84.5 cm³/mol. The number of benzene rings is 2. The Labute approximate surface area is 132 Å². The molecule has 0 aliphatic heterocycles. The van der Waals surface area contributed by atoms with Gasteiger partial charge in [0.15, 0.2) is 0 Å². The maximum Gasteiger partial charge on any atom is 0.240 e. The fraction of sp³-hybridized carbons (Fsp3) is 0.143. The second-order valence-electron chi connectivity index (χ2n) is 4.23. The summed E-state index contributed by atoms with van der Waals surface area (Å²) in [5.74, 6) is 0. The van der Waals surface area contributed by atoms with E-state index in [1.165, 1.54) is 0 Å². The quantitative estimate of drug-likeness (QED) is 0.869. The van der Waals surface area contributed by atoms with E-state index in [4.69, 9.17) is 11.6 Å². The lowest BCUT2D eigenvalue weighted by Gasteiger charge is -2.07. The zero-order valence-electron chi connectivity index (χ0n) is 10.5. The number of nitrogens with one attached hydrogen (secondary N) is 1. The number of sulfonamides is 1. The molecule has 0 saturated heterocycles. The SMILES string of the molecule is O=S(=O)(NCCc1ccc(Cl)cc1)c1cccc(Br)c1. The van der Waals surface area contributed by atoms with E-state index < -0.39 is 10.0 Å². The number of rotatable bonds is 5. The summed E-state index contributed by atoms with van der Waals surface area (Å²) < 4.78 is 27.5. The Morgan fingerprint density at radius 1 is 1.10 bits per heavy atom. The van der Waals surface area contributed by atoms with Gasteiger partial charge in [-0.1, -0.05) is 45.7 Å². The number of hydrogen-bond donors (Lipinski definition) is 1. The van der Waals surface area contributed by atoms with E-state index in [9.17, 15) is 8.42 Å². The van der Waals surface area contributed by atoms with Gasteiger partial charge in [0.2, 0.25) is 10.0 Å². The third kappa shape index (κ3) is 4.31. The van der Waals surface area contributed by atoms with Gasteiger partial charge in [-0.3, -0.25) is 0 Å². The van der Waals surface area contributed by atoms with Crippen LogP contribution < -0.4 is 4.72 Å². The maximum absolute atomic E-state index is 12.1. The van der Waals surface area contributed by atoms with Crippen LogP contribution in [0, 0.1) is 0 Å². The molecule has 0 aromatic heterocycles. The highest BCUT2D eigenvalue weighted by atomic mass is 79.9. The van der Waals surface area contributed by atoms with E-state index >= 15 is 0 Å². The topological polar surface area (TPSA) is 46.2 Å². The minimum absolute atomic E-state index is 0.253. The Morgan fingerprint density at radius 3 is 2.45 bits per heavy atom. The molecular formula is C14H13BrClNO2S. The molecule has 6 heteroatoms. The molecule has 3 nitrogen and oxygen atoms in total. The molecule has 1 N–H and O–H groups in total. The molecule has 2 rings (SSSR count). The molecule has 0 heterocycles. The summed E-state index contributed by atoms with van der Waals surface area (Å²) in [5, 5.41) is 0.670. The number of halogens is 2. The molecule has 20 heavy (non-hydrogen) atoms. The lowest BCUT2D eigenvalue weighted by molar-refractivity contribution is 0.581. The van der Waals surface area contributed by atoms with Crippen LogP contribution in [0.4, 0.5) is 0 Å². The van der Waals surface area contributed by atoms with Crippen LogP contribution in [0.15, 0.2) is 57.9 Å². The summed E-state index contributed by atoms with van der Waals surface area (Å²) in [6.07, 6.45) is 0.615. The minimum Gasteiger partial charge on any atom is -0.211 e. The molecule has 2 aromatic rings. The highest BCUT2D eigenvalue weighted by Crippen LogP contribution is 2.16. The molecule has 0 bridgehead atoms. The van der Waals surface area contributed by atoms with Crippen molar-refractivity contribution in [2.24, 2.45) is 0 Å². The zero-order valence-corrected chi connectivity index (χ0v) is 13.7. The molecule has 0 atom stereocenters. The van der Waals surface area contributed by atoms with Gasteiger partial charge in [-0.25, -0.2) is 13.1 Å². The van der Waals surface area contributed by atoms with Gasteiger partial charge in [-0.15, -0.1) is 0 Å². The third-order valence-corrected chi connectivity index (χ3v) is 4.93. The van der Waals surface area contributed by atoms with Crippen molar-refractivity contribution in [3.05, 3.63) is 63.6 Å². The molecule has 0 spiro atoms. The van der Waals surface area contributed by atoms with Crippen LogP contribution in [-0.4, -0.2) is 15.0 Å². The molecule has 0 fully saturated rings. The molecule has 0 aliphatic rings. The van der Waals surface area contributed by atoms with Crippen molar-refractivity contribution in [3.63, 3.8) is 0 Å². The van der Waals surface area contributed by atoms with Crippen LogP contribution in [0.25, 0.3) is 0 Å². The van der Waals surface area contributed by atoms with E-state index in [0.717, 1.165) is 10.0 Å². The standard InChI is InChI=1S/C14H13BrClNO2S/c15-12-2-1-3-14(10-12)20(18,19)17-9-8-11-4-6-13(16)7-5-11/h1-7,10,17H,8-9H2. The van der Waals surface area contributed by atoms with Gasteiger partial charge in [0.05, 0.1) is 4.90 Å². The fourth-order valence-electron chi connectivity index (χ4n) is 1.70. The van der Waals surface area contributed by atoms with Gasteiger partial charge in [-0.05, 0) is 42.3 Å². The minimum atomic E-state index is -3.47. The first-order valence-electron chi connectivity index (χ1n) is 5.97. The van der Waals surface area contributed by atoms with Crippen LogP contribution in [0.5, 0.6) is 0 Å². The van der Waals surface area contributed by atoms with Gasteiger partial charge >= 0.3 is 0 Å². The molecule has 106 valence electrons. The van der Waals surface area contributed by atoms with Crippen molar-refractivity contribution in [1.29, 1.82) is 0 Å². The third-order valence-electron chi connectivity index (χ3n) is 2.73. The average Bonchev–Trinajstić information content (AvgIpc) is 2.41. The second-order valence-corrected chi connectivity index (χ2v) is 7.35. The molecule has 0 unspecified atom stereocenters. The second kappa shape index (κ2) is 6.72. The summed E-state index contributed by atoms with van der Waals surface area (Å²) in [6.45, 7) is 0.344. The summed E-state index contributed by atoms with van der Waals surface area (Å²) in [6, 6.07) is 14.0. The van der Waals surface area contributed by atoms with Gasteiger partial charge in [0.25, 0.3) is 0 Å². The van der Waals surface area contributed by atoms with E-state index in [1.807, 2.05) is 12.1 Å². The van der Waals surface area contributed by atoms with Crippen molar-refractivity contribution >= 4 is 37.6 Å². The summed E-state index contributed by atoms with van der Waals surface area (Å²) in [5.41, 5.74) is 1.03. The van der Waals surface area contributed by atoms with Crippen molar-refractivity contribution < 1.29 is 8.42 Å². The van der Waals surface area contributed by atoms with E-state index in [0.29, 0.717) is 18.0 Å². The monoisotopic (exact) mass is 373 g/mol. The van der Waals surface area contributed by atoms with Gasteiger partial charge < -0.3 is 0 Å². The molecule has 0 amide bonds. The van der Waals surface area contributed by atoms with Crippen molar-refractivity contribution in [2.75, 3.05) is 6.54 Å². The Bertz CT molecular complexity index is 687. The van der Waals surface area contributed by atoms with Crippen molar-refractivity contribution in [1.82, 2.24) is 4.72 Å². The van der Waals surface area contributed by atoms with Gasteiger partial charge in [0, 0.05) is 16.0 Å². The Kier molecular flexibility index (Phi) is 5.21. The molecule has 2 aromatic carbocycles. The molecule has 0 saturated carbocycles. The van der Waals surface area contributed by atoms with Crippen LogP contribution >= 0.6 is 27.5 Å². The van der Waals surface area contributed by atoms with Crippen LogP contribution in [-0.2, 0) is 16.4 Å². The summed E-state index contributed by atoms with van der Waals surface area (Å²) in [4.78, 5) is 0.253. The van der Waals surface area contributed by atoms with E-state index in [1.54, 1.807) is 36.4 Å². The van der Waals surface area contributed by atoms with E-state index in [2.05, 4.69) is 20.7 Å². The summed E-state index contributed by atoms with van der Waals surface area (Å²) in [7, 11) is -3.47. The average molecular weight is 375 g/mol. The van der Waals surface area contributed by atoms with Crippen LogP contribution in [0.1, 0.15) is 5.56 Å². The predicted octanol–water partition coefficient (Wildman–Crippen LogP) is 3.62. The lowest BCUT2D eigenvalue weighted by atomic mass is 10.2. The molecule has 0 radical (unpaired) electrons. The number of hydrogen-bond acceptors (Lipinski definition) is 2. The van der Waals surface area contributed by atoms with Crippen LogP contribution in [0.3, 0.4) is 0 Å². The van der Waals surface area contributed by atoms with Gasteiger partial charge in [-0.2, -0.15) is 0 Å². The van der Waals surface area contributed by atoms with Crippen molar-refractivity contribution in [3.8, 4) is 0 Å². The Hall–Kier alpha value is -0.880. The first-order chi connectivity index (χ1) is 9.47. The smallest absolute Gasteiger partial charge is 0.211 e. The maximum atomic E-state index is 12.1. The molecular weight excluding hydrogens is 362 g/mol. The normalized spacial score (nSPS) is 11.5. The first kappa shape index (κ1) is 15.5.